The fraction of sp³-hybridized carbons (Fsp3) is 0.889. The molecule has 0 bridgehead atoms. The predicted octanol–water partition coefficient (Wildman–Crippen LogP) is 0.592. The third-order valence-corrected chi connectivity index (χ3v) is 2.70. The van der Waals surface area contributed by atoms with Crippen LogP contribution in [0, 0.1) is 5.92 Å². The Balaban J connectivity index is 2.48. The molecule has 1 heterocycles. The second-order valence-electron chi connectivity index (χ2n) is 3.47. The van der Waals surface area contributed by atoms with Crippen molar-refractivity contribution in [3.05, 3.63) is 0 Å². The van der Waals surface area contributed by atoms with Crippen LogP contribution < -0.4 is 5.73 Å². The standard InChI is InChI=1S/C9H18N2O/c1-3-8(10)7-5-9(12)11(4-2)6-7/h7-8H,3-6,10H2,1-2H3. The molecule has 3 heteroatoms. The van der Waals surface area contributed by atoms with Crippen molar-refractivity contribution in [2.24, 2.45) is 11.7 Å². The van der Waals surface area contributed by atoms with Crippen LogP contribution in [0.25, 0.3) is 0 Å². The molecule has 1 aliphatic rings. The van der Waals surface area contributed by atoms with Crippen LogP contribution in [0.1, 0.15) is 26.7 Å². The molecule has 70 valence electrons. The number of carbonyl (C=O) groups is 1. The van der Waals surface area contributed by atoms with Crippen molar-refractivity contribution in [2.75, 3.05) is 13.1 Å². The maximum absolute atomic E-state index is 11.3. The topological polar surface area (TPSA) is 46.3 Å². The van der Waals surface area contributed by atoms with Gasteiger partial charge in [0.25, 0.3) is 0 Å². The Morgan fingerprint density at radius 2 is 2.33 bits per heavy atom. The van der Waals surface area contributed by atoms with Crippen LogP contribution in [0.3, 0.4) is 0 Å². The van der Waals surface area contributed by atoms with Crippen LogP contribution in [0.15, 0.2) is 0 Å². The van der Waals surface area contributed by atoms with E-state index in [0.717, 1.165) is 19.5 Å². The van der Waals surface area contributed by atoms with E-state index in [1.54, 1.807) is 0 Å². The van der Waals surface area contributed by atoms with Crippen molar-refractivity contribution in [1.29, 1.82) is 0 Å². The fourth-order valence-corrected chi connectivity index (χ4v) is 1.73. The van der Waals surface area contributed by atoms with E-state index in [9.17, 15) is 4.79 Å². The highest BCUT2D eigenvalue weighted by Gasteiger charge is 2.31. The fourth-order valence-electron chi connectivity index (χ4n) is 1.73. The Kier molecular flexibility index (Phi) is 3.09. The first-order chi connectivity index (χ1) is 5.69. The monoisotopic (exact) mass is 170 g/mol. The quantitative estimate of drug-likeness (QED) is 0.674. The second kappa shape index (κ2) is 3.90. The highest BCUT2D eigenvalue weighted by molar-refractivity contribution is 5.78. The Morgan fingerprint density at radius 1 is 1.67 bits per heavy atom. The van der Waals surface area contributed by atoms with E-state index in [1.165, 1.54) is 0 Å². The van der Waals surface area contributed by atoms with Crippen molar-refractivity contribution in [3.63, 3.8) is 0 Å². The maximum Gasteiger partial charge on any atom is 0.222 e. The van der Waals surface area contributed by atoms with Gasteiger partial charge >= 0.3 is 0 Å². The number of amides is 1. The molecule has 2 N–H and O–H groups in total. The summed E-state index contributed by atoms with van der Waals surface area (Å²) in [6.07, 6.45) is 1.62. The zero-order valence-corrected chi connectivity index (χ0v) is 7.92. The predicted molar refractivity (Wildman–Crippen MR) is 48.6 cm³/mol. The molecule has 0 aromatic carbocycles. The van der Waals surface area contributed by atoms with E-state index in [-0.39, 0.29) is 11.9 Å². The average Bonchev–Trinajstić information content (AvgIpc) is 2.45. The first kappa shape index (κ1) is 9.52. The van der Waals surface area contributed by atoms with E-state index in [1.807, 2.05) is 11.8 Å². The first-order valence-electron chi connectivity index (χ1n) is 4.72. The van der Waals surface area contributed by atoms with Gasteiger partial charge in [0.15, 0.2) is 0 Å². The molecule has 0 aliphatic carbocycles. The summed E-state index contributed by atoms with van der Waals surface area (Å²) < 4.78 is 0. The Labute approximate surface area is 73.9 Å². The molecule has 12 heavy (non-hydrogen) atoms. The number of hydrogen-bond donors (Lipinski definition) is 1. The minimum absolute atomic E-state index is 0.200. The van der Waals surface area contributed by atoms with Gasteiger partial charge in [-0.05, 0) is 13.3 Å². The van der Waals surface area contributed by atoms with Gasteiger partial charge in [0.2, 0.25) is 5.91 Å². The summed E-state index contributed by atoms with van der Waals surface area (Å²) in [6.45, 7) is 5.78. The smallest absolute Gasteiger partial charge is 0.222 e. The van der Waals surface area contributed by atoms with Gasteiger partial charge in [-0.15, -0.1) is 0 Å². The molecule has 0 radical (unpaired) electrons. The van der Waals surface area contributed by atoms with Gasteiger partial charge in [-0.1, -0.05) is 6.92 Å². The number of hydrogen-bond acceptors (Lipinski definition) is 2. The summed E-state index contributed by atoms with van der Waals surface area (Å²) in [4.78, 5) is 13.2. The Hall–Kier alpha value is -0.570. The SMILES string of the molecule is CCC(N)C1CC(=O)N(CC)C1. The molecule has 1 aliphatic heterocycles. The summed E-state index contributed by atoms with van der Waals surface area (Å²) in [5.41, 5.74) is 5.88. The number of nitrogens with zero attached hydrogens (tertiary/aromatic N) is 1. The van der Waals surface area contributed by atoms with Gasteiger partial charge in [0.1, 0.15) is 0 Å². The van der Waals surface area contributed by atoms with E-state index in [0.29, 0.717) is 12.3 Å². The van der Waals surface area contributed by atoms with Crippen LogP contribution in [0.5, 0.6) is 0 Å². The molecular formula is C9H18N2O. The summed E-state index contributed by atoms with van der Waals surface area (Å²) >= 11 is 0. The molecule has 0 spiro atoms. The molecule has 1 saturated heterocycles. The molecular weight excluding hydrogens is 152 g/mol. The Morgan fingerprint density at radius 3 is 2.75 bits per heavy atom. The summed E-state index contributed by atoms with van der Waals surface area (Å²) in [6, 6.07) is 0.200. The largest absolute Gasteiger partial charge is 0.343 e. The lowest BCUT2D eigenvalue weighted by molar-refractivity contribution is -0.127. The van der Waals surface area contributed by atoms with Crippen LogP contribution >= 0.6 is 0 Å². The van der Waals surface area contributed by atoms with Gasteiger partial charge in [0.05, 0.1) is 0 Å². The van der Waals surface area contributed by atoms with Crippen LogP contribution in [-0.4, -0.2) is 29.9 Å². The molecule has 1 fully saturated rings. The van der Waals surface area contributed by atoms with Gasteiger partial charge in [-0.2, -0.15) is 0 Å². The van der Waals surface area contributed by atoms with Crippen molar-refractivity contribution in [3.8, 4) is 0 Å². The summed E-state index contributed by atoms with van der Waals surface area (Å²) in [7, 11) is 0. The van der Waals surface area contributed by atoms with Crippen LogP contribution in [-0.2, 0) is 4.79 Å². The van der Waals surface area contributed by atoms with Crippen molar-refractivity contribution < 1.29 is 4.79 Å². The van der Waals surface area contributed by atoms with Gasteiger partial charge in [-0.3, -0.25) is 4.79 Å². The first-order valence-corrected chi connectivity index (χ1v) is 4.72. The molecule has 0 aromatic rings. The van der Waals surface area contributed by atoms with Crippen LogP contribution in [0.4, 0.5) is 0 Å². The molecule has 3 nitrogen and oxygen atoms in total. The highest BCUT2D eigenvalue weighted by atomic mass is 16.2. The van der Waals surface area contributed by atoms with E-state index < -0.39 is 0 Å². The maximum atomic E-state index is 11.3. The lowest BCUT2D eigenvalue weighted by atomic mass is 9.98. The summed E-state index contributed by atoms with van der Waals surface area (Å²) in [5, 5.41) is 0. The summed E-state index contributed by atoms with van der Waals surface area (Å²) in [5.74, 6) is 0.661. The lowest BCUT2D eigenvalue weighted by Crippen LogP contribution is -2.32. The zero-order valence-electron chi connectivity index (χ0n) is 7.92. The molecule has 2 atom stereocenters. The normalized spacial score (nSPS) is 26.4. The van der Waals surface area contributed by atoms with E-state index in [4.69, 9.17) is 5.73 Å². The highest BCUT2D eigenvalue weighted by Crippen LogP contribution is 2.20. The van der Waals surface area contributed by atoms with Crippen LogP contribution in [0.2, 0.25) is 0 Å². The van der Waals surface area contributed by atoms with Gasteiger partial charge < -0.3 is 10.6 Å². The zero-order chi connectivity index (χ0) is 9.14. The third kappa shape index (κ3) is 1.78. The van der Waals surface area contributed by atoms with Crippen molar-refractivity contribution >= 4 is 5.91 Å². The van der Waals surface area contributed by atoms with E-state index >= 15 is 0 Å². The molecule has 0 saturated carbocycles. The number of carbonyl (C=O) groups excluding carboxylic acids is 1. The average molecular weight is 170 g/mol. The van der Waals surface area contributed by atoms with Gasteiger partial charge in [-0.25, -0.2) is 0 Å². The molecule has 2 unspecified atom stereocenters. The minimum atomic E-state index is 0.200. The number of rotatable bonds is 3. The van der Waals surface area contributed by atoms with E-state index in [2.05, 4.69) is 6.92 Å². The molecule has 0 aromatic heterocycles. The van der Waals surface area contributed by atoms with Crippen molar-refractivity contribution in [2.45, 2.75) is 32.7 Å². The number of nitrogens with two attached hydrogens (primary N) is 1. The minimum Gasteiger partial charge on any atom is -0.343 e. The lowest BCUT2D eigenvalue weighted by Gasteiger charge is -2.17. The second-order valence-corrected chi connectivity index (χ2v) is 3.47. The van der Waals surface area contributed by atoms with Gasteiger partial charge in [0, 0.05) is 31.5 Å². The molecule has 1 amide bonds. The molecule has 1 rings (SSSR count). The number of likely N-dealkylation sites (tertiary alicyclic amines) is 1. The van der Waals surface area contributed by atoms with Crippen molar-refractivity contribution in [1.82, 2.24) is 4.90 Å². The Bertz CT molecular complexity index is 170. The third-order valence-electron chi connectivity index (χ3n) is 2.70.